The van der Waals surface area contributed by atoms with E-state index in [1.54, 1.807) is 30.3 Å². The summed E-state index contributed by atoms with van der Waals surface area (Å²) in [7, 11) is -3.84. The van der Waals surface area contributed by atoms with Crippen LogP contribution in [0.1, 0.15) is 44.9 Å². The number of sulfone groups is 1. The lowest BCUT2D eigenvalue weighted by atomic mass is 10.0. The number of rotatable bonds is 9. The van der Waals surface area contributed by atoms with E-state index in [2.05, 4.69) is 20.5 Å². The Labute approximate surface area is 255 Å². The highest BCUT2D eigenvalue weighted by Crippen LogP contribution is 2.37. The van der Waals surface area contributed by atoms with Crippen LogP contribution in [0, 0.1) is 13.8 Å². The van der Waals surface area contributed by atoms with Gasteiger partial charge in [-0.3, -0.25) is 14.5 Å². The number of hydrogen-bond donors (Lipinski definition) is 3. The molecule has 2 amide bonds. The van der Waals surface area contributed by atoms with Gasteiger partial charge in [0.1, 0.15) is 0 Å². The van der Waals surface area contributed by atoms with Gasteiger partial charge in [-0.05, 0) is 68.8 Å². The second-order valence-electron chi connectivity index (χ2n) is 10.4. The lowest BCUT2D eigenvalue weighted by molar-refractivity contribution is -0.110. The maximum absolute atomic E-state index is 13.3. The Balaban J connectivity index is 1.35. The van der Waals surface area contributed by atoms with Crippen LogP contribution in [0.3, 0.4) is 0 Å². The third-order valence-corrected chi connectivity index (χ3v) is 9.91. The number of hydrogen-bond acceptors (Lipinski definition) is 6. The predicted molar refractivity (Wildman–Crippen MR) is 165 cm³/mol. The van der Waals surface area contributed by atoms with Crippen molar-refractivity contribution in [2.24, 2.45) is 0 Å². The molecule has 222 valence electrons. The van der Waals surface area contributed by atoms with E-state index in [0.29, 0.717) is 51.4 Å². The molecule has 0 radical (unpaired) electrons. The van der Waals surface area contributed by atoms with Crippen molar-refractivity contribution in [1.29, 1.82) is 0 Å². The van der Waals surface area contributed by atoms with E-state index in [4.69, 9.17) is 27.9 Å². The van der Waals surface area contributed by atoms with E-state index < -0.39 is 9.84 Å². The lowest BCUT2D eigenvalue weighted by Crippen LogP contribution is -2.38. The van der Waals surface area contributed by atoms with Crippen LogP contribution in [-0.4, -0.2) is 69.5 Å². The molecule has 2 aliphatic heterocycles. The number of benzene rings is 2. The Bertz CT molecular complexity index is 1660. The molecule has 12 heteroatoms. The minimum absolute atomic E-state index is 0.0381. The lowest BCUT2D eigenvalue weighted by Gasteiger charge is -2.26. The molecular weight excluding hydrogens is 599 g/mol. The first kappa shape index (κ1) is 30.3. The predicted octanol–water partition coefficient (Wildman–Crippen LogP) is 4.86. The number of aromatic nitrogens is 1. The Hall–Kier alpha value is -3.15. The van der Waals surface area contributed by atoms with Crippen molar-refractivity contribution < 1.29 is 22.7 Å². The fraction of sp³-hybridized carbons (Fsp3) is 0.333. The number of aryl methyl sites for hydroxylation is 1. The number of morpholine rings is 1. The molecule has 1 saturated heterocycles. The summed E-state index contributed by atoms with van der Waals surface area (Å²) in [5.74, 6) is -0.935. The second-order valence-corrected chi connectivity index (χ2v) is 13.2. The van der Waals surface area contributed by atoms with Crippen molar-refractivity contribution in [2.45, 2.75) is 30.9 Å². The number of amides is 2. The summed E-state index contributed by atoms with van der Waals surface area (Å²) in [5.41, 5.74) is 4.06. The van der Waals surface area contributed by atoms with Crippen LogP contribution in [0.15, 0.2) is 41.3 Å². The van der Waals surface area contributed by atoms with Gasteiger partial charge in [0.15, 0.2) is 9.84 Å². The molecule has 2 aromatic carbocycles. The number of halogens is 2. The topological polar surface area (TPSA) is 121 Å². The molecule has 2 aliphatic rings. The van der Waals surface area contributed by atoms with Gasteiger partial charge in [0.25, 0.3) is 11.8 Å². The van der Waals surface area contributed by atoms with Crippen LogP contribution >= 0.6 is 23.2 Å². The fourth-order valence-electron chi connectivity index (χ4n) is 5.27. The quantitative estimate of drug-likeness (QED) is 0.229. The van der Waals surface area contributed by atoms with Gasteiger partial charge in [0, 0.05) is 57.9 Å². The maximum atomic E-state index is 13.3. The van der Waals surface area contributed by atoms with Crippen LogP contribution in [-0.2, 0) is 25.1 Å². The standard InChI is InChI=1S/C30H32Cl2N4O5S/c1-18-27(34-19(2)28(18)30(38)33-9-4-10-36-11-13-41-14-12-36)16-22-21-15-20(7-8-26(21)35-29(22)37)42(39,40)17-23-24(31)5-3-6-25(23)32/h3,5-8,15-16,34H,4,9-14,17H2,1-2H3,(H,33,38)(H,35,37)/b22-16-. The molecule has 0 saturated carbocycles. The number of ether oxygens (including phenoxy) is 1. The molecule has 0 bridgehead atoms. The van der Waals surface area contributed by atoms with Gasteiger partial charge in [-0.25, -0.2) is 8.42 Å². The zero-order chi connectivity index (χ0) is 30.0. The Morgan fingerprint density at radius 1 is 1.12 bits per heavy atom. The molecule has 5 rings (SSSR count). The van der Waals surface area contributed by atoms with Crippen molar-refractivity contribution in [3.05, 3.63) is 80.1 Å². The molecule has 42 heavy (non-hydrogen) atoms. The molecule has 0 unspecified atom stereocenters. The number of nitrogens with zero attached hydrogens (tertiary/aromatic N) is 1. The first-order valence-electron chi connectivity index (χ1n) is 13.7. The second kappa shape index (κ2) is 12.6. The molecule has 0 atom stereocenters. The van der Waals surface area contributed by atoms with E-state index in [1.165, 1.54) is 12.1 Å². The molecule has 3 aromatic rings. The Kier molecular flexibility index (Phi) is 9.10. The van der Waals surface area contributed by atoms with Crippen molar-refractivity contribution in [1.82, 2.24) is 15.2 Å². The van der Waals surface area contributed by atoms with Gasteiger partial charge < -0.3 is 20.4 Å². The smallest absolute Gasteiger partial charge is 0.256 e. The first-order chi connectivity index (χ1) is 20.0. The highest BCUT2D eigenvalue weighted by molar-refractivity contribution is 7.90. The number of aromatic amines is 1. The molecular formula is C30H32Cl2N4O5S. The summed E-state index contributed by atoms with van der Waals surface area (Å²) < 4.78 is 32.0. The molecule has 9 nitrogen and oxygen atoms in total. The average Bonchev–Trinajstić information content (AvgIpc) is 3.42. The number of carbonyl (C=O) groups excluding carboxylic acids is 2. The normalized spacial score (nSPS) is 16.5. The summed E-state index contributed by atoms with van der Waals surface area (Å²) >= 11 is 12.4. The Morgan fingerprint density at radius 3 is 2.55 bits per heavy atom. The van der Waals surface area contributed by atoms with Gasteiger partial charge >= 0.3 is 0 Å². The molecule has 1 aromatic heterocycles. The SMILES string of the molecule is Cc1[nH]c(/C=C2\C(=O)Nc3ccc(S(=O)(=O)Cc4c(Cl)cccc4Cl)cc32)c(C)c1C(=O)NCCCN1CCOCC1. The highest BCUT2D eigenvalue weighted by Gasteiger charge is 2.28. The number of carbonyl (C=O) groups is 2. The van der Waals surface area contributed by atoms with Crippen LogP contribution < -0.4 is 10.6 Å². The van der Waals surface area contributed by atoms with E-state index in [9.17, 15) is 18.0 Å². The molecule has 0 spiro atoms. The third kappa shape index (κ3) is 6.43. The number of H-pyrrole nitrogens is 1. The van der Waals surface area contributed by atoms with E-state index in [1.807, 2.05) is 13.8 Å². The molecule has 3 heterocycles. The van der Waals surface area contributed by atoms with Crippen LogP contribution in [0.5, 0.6) is 0 Å². The van der Waals surface area contributed by atoms with Gasteiger partial charge in [0.05, 0.1) is 35.0 Å². The fourth-order valence-corrected chi connectivity index (χ4v) is 7.39. The summed E-state index contributed by atoms with van der Waals surface area (Å²) in [4.78, 5) is 31.6. The van der Waals surface area contributed by atoms with Crippen LogP contribution in [0.2, 0.25) is 10.0 Å². The largest absolute Gasteiger partial charge is 0.379 e. The van der Waals surface area contributed by atoms with Crippen molar-refractivity contribution >= 4 is 62.2 Å². The van der Waals surface area contributed by atoms with Crippen molar-refractivity contribution in [3.63, 3.8) is 0 Å². The highest BCUT2D eigenvalue weighted by atomic mass is 35.5. The van der Waals surface area contributed by atoms with Crippen LogP contribution in [0.25, 0.3) is 11.6 Å². The van der Waals surface area contributed by atoms with E-state index in [0.717, 1.165) is 39.3 Å². The van der Waals surface area contributed by atoms with Gasteiger partial charge in [-0.1, -0.05) is 29.3 Å². The van der Waals surface area contributed by atoms with E-state index in [-0.39, 0.29) is 32.5 Å². The van der Waals surface area contributed by atoms with Crippen molar-refractivity contribution in [2.75, 3.05) is 44.7 Å². The summed E-state index contributed by atoms with van der Waals surface area (Å²) in [6.45, 7) is 8.36. The van der Waals surface area contributed by atoms with Crippen LogP contribution in [0.4, 0.5) is 5.69 Å². The summed E-state index contributed by atoms with van der Waals surface area (Å²) in [6, 6.07) is 9.32. The summed E-state index contributed by atoms with van der Waals surface area (Å²) in [5, 5.41) is 6.32. The third-order valence-electron chi connectivity index (χ3n) is 7.56. The molecule has 0 aliphatic carbocycles. The van der Waals surface area contributed by atoms with Gasteiger partial charge in [-0.2, -0.15) is 0 Å². The van der Waals surface area contributed by atoms with E-state index >= 15 is 0 Å². The van der Waals surface area contributed by atoms with Gasteiger partial charge in [0.2, 0.25) is 0 Å². The number of fused-ring (bicyclic) bond motifs is 1. The zero-order valence-electron chi connectivity index (χ0n) is 23.4. The first-order valence-corrected chi connectivity index (χ1v) is 16.1. The average molecular weight is 632 g/mol. The minimum atomic E-state index is -3.84. The number of nitrogens with one attached hydrogen (secondary N) is 3. The zero-order valence-corrected chi connectivity index (χ0v) is 25.7. The van der Waals surface area contributed by atoms with Gasteiger partial charge in [-0.15, -0.1) is 0 Å². The number of anilines is 1. The maximum Gasteiger partial charge on any atom is 0.256 e. The minimum Gasteiger partial charge on any atom is -0.379 e. The Morgan fingerprint density at radius 2 is 1.83 bits per heavy atom. The molecule has 3 N–H and O–H groups in total. The monoisotopic (exact) mass is 630 g/mol. The van der Waals surface area contributed by atoms with Crippen molar-refractivity contribution in [3.8, 4) is 0 Å². The molecule has 1 fully saturated rings. The summed E-state index contributed by atoms with van der Waals surface area (Å²) in [6.07, 6.45) is 2.48.